The minimum atomic E-state index is -4.46. The number of nitrogen functional groups attached to an aromatic ring is 3. The Labute approximate surface area is 645 Å². The molecule has 0 spiro atoms. The molecule has 0 radical (unpaired) electrons. The van der Waals surface area contributed by atoms with E-state index in [1.54, 1.807) is 42.0 Å². The molecule has 113 heavy (non-hydrogen) atoms. The number of hydrogen-bond acceptors (Lipinski definition) is 31. The summed E-state index contributed by atoms with van der Waals surface area (Å²) in [5, 5.41) is 3.30. The molecular weight excluding hydrogens is 1590 g/mol. The summed E-state index contributed by atoms with van der Waals surface area (Å²) in [6, 6.07) is 1.35. The Hall–Kier alpha value is -7.11. The summed E-state index contributed by atoms with van der Waals surface area (Å²) in [5.41, 5.74) is 14.7. The first kappa shape index (κ1) is 85.3. The van der Waals surface area contributed by atoms with Crippen molar-refractivity contribution in [2.45, 2.75) is 75.5 Å². The van der Waals surface area contributed by atoms with Gasteiger partial charge in [-0.3, -0.25) is 75.0 Å². The first-order valence-corrected chi connectivity index (χ1v) is 43.7. The summed E-state index contributed by atoms with van der Waals surface area (Å²) in [4.78, 5) is 112. The fraction of sp³-hybridized carbons (Fsp3) is 0.633. The van der Waals surface area contributed by atoms with E-state index in [4.69, 9.17) is 63.5 Å². The second-order valence-electron chi connectivity index (χ2n) is 28.5. The van der Waals surface area contributed by atoms with Gasteiger partial charge in [-0.25, -0.2) is 76.4 Å². The van der Waals surface area contributed by atoms with Gasteiger partial charge < -0.3 is 68.8 Å². The normalized spacial score (nSPS) is 26.3. The monoisotopic (exact) mass is 1690 g/mol. The van der Waals surface area contributed by atoms with Crippen molar-refractivity contribution < 1.29 is 69.1 Å². The van der Waals surface area contributed by atoms with Crippen LogP contribution in [-0.2, 0) is 69.1 Å². The first-order chi connectivity index (χ1) is 53.3. The SMILES string of the molecule is Cc1cn(C2CN(P(=O)(OCC3CN(P(=O)(OCC4CN(P(=O)(OCC5CN(P(=O)(OCC6CNCC(n7cnc8c(=O)[nH]c(N)nc87)O6)N(C)C)CC(n6cnc7c(N)ncnc76)O5)N(C)C)CC(n5cc(C)c(=O)[nH]c5=O)O4)N(C)C)CC(n4ccc(N)nc4=O)O3)N(C)C)CC(COP(C)(=O)N(C)C)O2)c(=O)[nH]c1=O. The Morgan fingerprint density at radius 2 is 0.850 bits per heavy atom. The average molecular weight is 1690 g/mol. The average Bonchev–Trinajstić information content (AvgIpc) is 1.41. The highest BCUT2D eigenvalue weighted by Crippen LogP contribution is 2.60. The van der Waals surface area contributed by atoms with E-state index >= 15 is 18.3 Å². The van der Waals surface area contributed by atoms with Gasteiger partial charge in [0.2, 0.25) is 5.95 Å². The van der Waals surface area contributed by atoms with Crippen LogP contribution in [-0.4, -0.2) is 316 Å². The number of aromatic nitrogens is 14. The number of nitrogens with one attached hydrogen (secondary N) is 4. The van der Waals surface area contributed by atoms with Crippen molar-refractivity contribution in [3.63, 3.8) is 0 Å². The molecule has 5 saturated heterocycles. The van der Waals surface area contributed by atoms with Gasteiger partial charge in [-0.1, -0.05) is 0 Å². The van der Waals surface area contributed by atoms with Gasteiger partial charge in [0, 0.05) is 75.7 Å². The lowest BCUT2D eigenvalue weighted by Crippen LogP contribution is -2.52. The summed E-state index contributed by atoms with van der Waals surface area (Å²) in [5.74, 6) is -0.162. The number of rotatable bonds is 29. The number of nitrogens with zero attached hydrogens (tertiary/aromatic N) is 20. The third-order valence-electron chi connectivity index (χ3n) is 19.5. The van der Waals surface area contributed by atoms with E-state index in [1.165, 1.54) is 144 Å². The molecule has 0 bridgehead atoms. The summed E-state index contributed by atoms with van der Waals surface area (Å²) in [6.45, 7) is 0.769. The second-order valence-corrected chi connectivity index (χ2v) is 41.6. The van der Waals surface area contributed by atoms with Crippen LogP contribution in [0.1, 0.15) is 42.3 Å². The van der Waals surface area contributed by atoms with Gasteiger partial charge in [-0.05, 0) is 90.4 Å². The van der Waals surface area contributed by atoms with Crippen LogP contribution in [0.15, 0.2) is 72.4 Å². The van der Waals surface area contributed by atoms with E-state index in [1.807, 2.05) is 0 Å². The summed E-state index contributed by atoms with van der Waals surface area (Å²) >= 11 is 0. The lowest BCUT2D eigenvalue weighted by atomic mass is 10.3. The summed E-state index contributed by atoms with van der Waals surface area (Å²) in [6.07, 6.45) is -3.01. The molecule has 7 aromatic heterocycles. The van der Waals surface area contributed by atoms with Gasteiger partial charge in [0.1, 0.15) is 30.1 Å². The predicted molar refractivity (Wildman–Crippen MR) is 408 cm³/mol. The number of nitrogens with two attached hydrogens (primary N) is 3. The Bertz CT molecular complexity index is 5270. The Balaban J connectivity index is 0.812. The number of imidazole rings is 2. The predicted octanol–water partition coefficient (Wildman–Crippen LogP) is -0.889. The zero-order valence-electron chi connectivity index (χ0n) is 64.4. The molecule has 622 valence electrons. The van der Waals surface area contributed by atoms with Crippen molar-refractivity contribution in [1.82, 2.24) is 115 Å². The highest BCUT2D eigenvalue weighted by molar-refractivity contribution is 7.55. The number of ether oxygens (including phenoxy) is 5. The van der Waals surface area contributed by atoms with Gasteiger partial charge in [0.15, 0.2) is 41.3 Å². The molecule has 7 aromatic rings. The van der Waals surface area contributed by atoms with Crippen LogP contribution in [0.4, 0.5) is 17.6 Å². The molecular formula is C60H96N27O21P5. The third-order valence-corrected chi connectivity index (χ3v) is 31.7. The quantitative estimate of drug-likeness (QED) is 0.0280. The molecule has 15 atom stereocenters. The van der Waals surface area contributed by atoms with Crippen LogP contribution in [0.25, 0.3) is 22.3 Å². The van der Waals surface area contributed by atoms with Crippen molar-refractivity contribution in [2.75, 3.05) is 193 Å². The molecule has 0 saturated carbocycles. The second kappa shape index (κ2) is 34.2. The lowest BCUT2D eigenvalue weighted by molar-refractivity contribution is -0.132. The van der Waals surface area contributed by atoms with E-state index in [-0.39, 0.29) is 130 Å². The van der Waals surface area contributed by atoms with Gasteiger partial charge in [-0.15, -0.1) is 0 Å². The van der Waals surface area contributed by atoms with Crippen molar-refractivity contribution in [3.8, 4) is 0 Å². The Kier molecular flexibility index (Phi) is 25.8. The molecule has 12 heterocycles. The highest BCUT2D eigenvalue weighted by atomic mass is 31.2. The van der Waals surface area contributed by atoms with Crippen LogP contribution < -0.4 is 56.3 Å². The summed E-state index contributed by atoms with van der Waals surface area (Å²) in [7, 11) is -5.48. The van der Waals surface area contributed by atoms with Gasteiger partial charge in [0.25, 0.3) is 24.2 Å². The third kappa shape index (κ3) is 18.1. The molecule has 5 aliphatic heterocycles. The number of hydrogen-bond donors (Lipinski definition) is 7. The fourth-order valence-electron chi connectivity index (χ4n) is 13.3. The van der Waals surface area contributed by atoms with Crippen LogP contribution in [0.3, 0.4) is 0 Å². The van der Waals surface area contributed by atoms with Gasteiger partial charge >= 0.3 is 47.8 Å². The molecule has 10 N–H and O–H groups in total. The molecule has 12 rings (SSSR count). The molecule has 5 fully saturated rings. The van der Waals surface area contributed by atoms with E-state index in [9.17, 15) is 33.3 Å². The number of anilines is 3. The van der Waals surface area contributed by atoms with Crippen LogP contribution in [0.5, 0.6) is 0 Å². The van der Waals surface area contributed by atoms with E-state index < -0.39 is 153 Å². The van der Waals surface area contributed by atoms with Crippen molar-refractivity contribution in [3.05, 3.63) is 117 Å². The Morgan fingerprint density at radius 1 is 0.451 bits per heavy atom. The van der Waals surface area contributed by atoms with Crippen LogP contribution >= 0.6 is 38.2 Å². The van der Waals surface area contributed by atoms with E-state index in [0.717, 1.165) is 13.7 Å². The topological polar surface area (TPSA) is 549 Å². The van der Waals surface area contributed by atoms with E-state index in [0.29, 0.717) is 0 Å². The maximum atomic E-state index is 16.3. The summed E-state index contributed by atoms with van der Waals surface area (Å²) < 4.78 is 162. The fourth-order valence-corrected chi connectivity index (χ4v) is 21.9. The van der Waals surface area contributed by atoms with Gasteiger partial charge in [-0.2, -0.15) is 9.97 Å². The minimum Gasteiger partial charge on any atom is -0.383 e. The van der Waals surface area contributed by atoms with Crippen molar-refractivity contribution in [1.29, 1.82) is 0 Å². The van der Waals surface area contributed by atoms with Crippen molar-refractivity contribution >= 4 is 78.1 Å². The lowest BCUT2D eigenvalue weighted by Gasteiger charge is -2.46. The largest absolute Gasteiger partial charge is 0.383 e. The molecule has 48 nitrogen and oxygen atoms in total. The minimum absolute atomic E-state index is 0.0461. The van der Waals surface area contributed by atoms with Crippen LogP contribution in [0.2, 0.25) is 0 Å². The van der Waals surface area contributed by atoms with Crippen molar-refractivity contribution in [2.24, 2.45) is 0 Å². The molecule has 15 unspecified atom stereocenters. The number of aromatic amines is 3. The molecule has 0 amide bonds. The zero-order valence-corrected chi connectivity index (χ0v) is 68.9. The van der Waals surface area contributed by atoms with Crippen LogP contribution in [0, 0.1) is 13.8 Å². The smallest absolute Gasteiger partial charge is 0.351 e. The first-order valence-electron chi connectivity index (χ1n) is 35.5. The zero-order chi connectivity index (χ0) is 81.7. The van der Waals surface area contributed by atoms with Gasteiger partial charge in [0.05, 0.1) is 102 Å². The maximum Gasteiger partial charge on any atom is 0.351 e. The molecule has 0 aliphatic carbocycles. The maximum absolute atomic E-state index is 16.3. The molecule has 0 aromatic carbocycles. The molecule has 53 heteroatoms. The number of fused-ring (bicyclic) bond motifs is 2. The van der Waals surface area contributed by atoms with E-state index in [2.05, 4.69) is 50.2 Å². The highest BCUT2D eigenvalue weighted by Gasteiger charge is 2.51. The number of morpholine rings is 5. The Morgan fingerprint density at radius 3 is 1.28 bits per heavy atom. The number of aryl methyl sites for hydroxylation is 2. The standard InChI is InChI=1S/C60H96N27O21P5/c1-36-18-84(59(92)72-54(36)88)46-25-80(20-39(106-46)29-99-109(13,94)74(3)4)112(97,77(9)10)101-30-40-21-79(24-45(105-40)83-15-14-43(61)69-58(83)91)111(96,76(7)8)102-31-41-22-81(26-47(107-41)85-19-37(2)55(89)73-60(85)93)113(98,78(11)12)103-32-42-23-82(27-48(108-42)87-34-67-49-51(62)65-33-66-52(49)87)110(95,75(5)6)100-28-38-16-64-17-44(104-38)86-35-68-50-53(86)70-57(63)71-56(50)90/h14-15,18-19,33-35,38-42,44-48,64H,16-17,20-32H2,1-13H3,(H2,61,69,91)(H2,62,65,66)(H,72,88,92)(H,73,89,93)(H3,63,70,71,90). The molecule has 5 aliphatic rings. The number of H-pyrrole nitrogens is 3.